The van der Waals surface area contributed by atoms with Crippen LogP contribution in [-0.2, 0) is 6.54 Å². The van der Waals surface area contributed by atoms with Gasteiger partial charge in [-0.05, 0) is 35.9 Å². The maximum atomic E-state index is 10.7. The van der Waals surface area contributed by atoms with Crippen molar-refractivity contribution in [1.82, 2.24) is 4.98 Å². The lowest BCUT2D eigenvalue weighted by atomic mass is 10.2. The van der Waals surface area contributed by atoms with Crippen molar-refractivity contribution < 1.29 is 9.90 Å². The Morgan fingerprint density at radius 3 is 2.50 bits per heavy atom. The van der Waals surface area contributed by atoms with Gasteiger partial charge in [0.2, 0.25) is 0 Å². The van der Waals surface area contributed by atoms with Gasteiger partial charge in [0, 0.05) is 18.4 Å². The Morgan fingerprint density at radius 2 is 1.94 bits per heavy atom. The number of carboxylic acids is 1. The maximum Gasteiger partial charge on any atom is 0.335 e. The molecule has 5 heteroatoms. The monoisotopic (exact) mass is 262 g/mol. The van der Waals surface area contributed by atoms with Crippen molar-refractivity contribution in [3.05, 3.63) is 58.9 Å². The summed E-state index contributed by atoms with van der Waals surface area (Å²) in [6, 6.07) is 10.2. The first kappa shape index (κ1) is 12.4. The van der Waals surface area contributed by atoms with Crippen LogP contribution < -0.4 is 5.32 Å². The summed E-state index contributed by atoms with van der Waals surface area (Å²) in [5.74, 6) is -0.927. The highest BCUT2D eigenvalue weighted by atomic mass is 35.5. The van der Waals surface area contributed by atoms with E-state index in [-0.39, 0.29) is 5.56 Å². The van der Waals surface area contributed by atoms with E-state index < -0.39 is 5.97 Å². The average Bonchev–Trinajstić information content (AvgIpc) is 2.38. The summed E-state index contributed by atoms with van der Waals surface area (Å²) in [7, 11) is 0. The van der Waals surface area contributed by atoms with Crippen LogP contribution in [0.4, 0.5) is 5.69 Å². The summed E-state index contributed by atoms with van der Waals surface area (Å²) in [5, 5.41) is 12.4. The molecule has 0 atom stereocenters. The molecule has 0 radical (unpaired) electrons. The molecule has 0 unspecified atom stereocenters. The van der Waals surface area contributed by atoms with Crippen LogP contribution in [0.3, 0.4) is 0 Å². The number of pyridine rings is 1. The first-order valence-corrected chi connectivity index (χ1v) is 5.70. The fourth-order valence-electron chi connectivity index (χ4n) is 1.45. The second-order valence-corrected chi connectivity index (χ2v) is 4.11. The normalized spacial score (nSPS) is 10.1. The fraction of sp³-hybridized carbons (Fsp3) is 0.0769. The Morgan fingerprint density at radius 1 is 1.22 bits per heavy atom. The number of anilines is 1. The van der Waals surface area contributed by atoms with Crippen LogP contribution in [0.2, 0.25) is 5.15 Å². The standard InChI is InChI=1S/C13H11ClN2O2/c14-12-6-1-9(8-16-12)7-15-11-4-2-10(3-5-11)13(17)18/h1-6,8,15H,7H2,(H,17,18). The lowest BCUT2D eigenvalue weighted by Crippen LogP contribution is -2.01. The van der Waals surface area contributed by atoms with E-state index in [0.29, 0.717) is 11.7 Å². The van der Waals surface area contributed by atoms with Gasteiger partial charge in [0.25, 0.3) is 0 Å². The third-order valence-electron chi connectivity index (χ3n) is 2.42. The molecule has 0 aliphatic heterocycles. The fourth-order valence-corrected chi connectivity index (χ4v) is 1.56. The van der Waals surface area contributed by atoms with Gasteiger partial charge in [-0.25, -0.2) is 9.78 Å². The molecule has 0 aliphatic carbocycles. The Bertz CT molecular complexity index is 538. The maximum absolute atomic E-state index is 10.7. The number of hydrogen-bond acceptors (Lipinski definition) is 3. The highest BCUT2D eigenvalue weighted by Gasteiger charge is 2.01. The van der Waals surface area contributed by atoms with E-state index in [1.165, 1.54) is 0 Å². The summed E-state index contributed by atoms with van der Waals surface area (Å²) in [6.45, 7) is 0.608. The summed E-state index contributed by atoms with van der Waals surface area (Å²) >= 11 is 5.69. The van der Waals surface area contributed by atoms with E-state index in [9.17, 15) is 4.79 Å². The molecule has 0 bridgehead atoms. The van der Waals surface area contributed by atoms with E-state index in [2.05, 4.69) is 10.3 Å². The van der Waals surface area contributed by atoms with E-state index in [1.54, 1.807) is 36.5 Å². The van der Waals surface area contributed by atoms with Crippen LogP contribution in [0.15, 0.2) is 42.6 Å². The molecule has 1 aromatic carbocycles. The molecule has 0 aliphatic rings. The Hall–Kier alpha value is -2.07. The van der Waals surface area contributed by atoms with E-state index in [4.69, 9.17) is 16.7 Å². The molecule has 0 saturated heterocycles. The molecule has 92 valence electrons. The van der Waals surface area contributed by atoms with Crippen LogP contribution in [0.25, 0.3) is 0 Å². The van der Waals surface area contributed by atoms with Crippen LogP contribution in [0.1, 0.15) is 15.9 Å². The van der Waals surface area contributed by atoms with Crippen molar-refractivity contribution in [1.29, 1.82) is 0 Å². The number of benzene rings is 1. The SMILES string of the molecule is O=C(O)c1ccc(NCc2ccc(Cl)nc2)cc1. The first-order chi connectivity index (χ1) is 8.65. The van der Waals surface area contributed by atoms with Crippen LogP contribution in [0.5, 0.6) is 0 Å². The molecule has 2 rings (SSSR count). The van der Waals surface area contributed by atoms with Crippen molar-refractivity contribution >= 4 is 23.3 Å². The van der Waals surface area contributed by atoms with Gasteiger partial charge in [0.1, 0.15) is 5.15 Å². The molecule has 2 N–H and O–H groups in total. The topological polar surface area (TPSA) is 62.2 Å². The smallest absolute Gasteiger partial charge is 0.335 e. The summed E-state index contributed by atoms with van der Waals surface area (Å²) < 4.78 is 0. The molecular weight excluding hydrogens is 252 g/mol. The van der Waals surface area contributed by atoms with Gasteiger partial charge in [0.15, 0.2) is 0 Å². The van der Waals surface area contributed by atoms with Crippen molar-refractivity contribution in [2.75, 3.05) is 5.32 Å². The first-order valence-electron chi connectivity index (χ1n) is 5.33. The van der Waals surface area contributed by atoms with Gasteiger partial charge < -0.3 is 10.4 Å². The summed E-state index contributed by atoms with van der Waals surface area (Å²) in [4.78, 5) is 14.7. The van der Waals surface area contributed by atoms with Gasteiger partial charge in [-0.3, -0.25) is 0 Å². The number of aromatic carboxylic acids is 1. The number of halogens is 1. The lowest BCUT2D eigenvalue weighted by molar-refractivity contribution is 0.0697. The van der Waals surface area contributed by atoms with Gasteiger partial charge in [0.05, 0.1) is 5.56 Å². The quantitative estimate of drug-likeness (QED) is 0.832. The number of aromatic nitrogens is 1. The third-order valence-corrected chi connectivity index (χ3v) is 2.64. The molecular formula is C13H11ClN2O2. The minimum Gasteiger partial charge on any atom is -0.478 e. The minimum atomic E-state index is -0.927. The molecule has 2 aromatic rings. The minimum absolute atomic E-state index is 0.272. The number of nitrogens with one attached hydrogen (secondary N) is 1. The van der Waals surface area contributed by atoms with Gasteiger partial charge in [-0.15, -0.1) is 0 Å². The predicted octanol–water partition coefficient (Wildman–Crippen LogP) is 3.05. The van der Waals surface area contributed by atoms with Crippen LogP contribution in [-0.4, -0.2) is 16.1 Å². The highest BCUT2D eigenvalue weighted by Crippen LogP contribution is 2.12. The van der Waals surface area contributed by atoms with Crippen molar-refractivity contribution in [2.24, 2.45) is 0 Å². The number of carbonyl (C=O) groups is 1. The number of hydrogen-bond donors (Lipinski definition) is 2. The molecule has 1 heterocycles. The third kappa shape index (κ3) is 3.21. The molecule has 0 fully saturated rings. The zero-order valence-corrected chi connectivity index (χ0v) is 10.2. The zero-order chi connectivity index (χ0) is 13.0. The number of rotatable bonds is 4. The second kappa shape index (κ2) is 5.51. The van der Waals surface area contributed by atoms with E-state index in [0.717, 1.165) is 11.3 Å². The zero-order valence-electron chi connectivity index (χ0n) is 9.43. The van der Waals surface area contributed by atoms with Crippen molar-refractivity contribution in [2.45, 2.75) is 6.54 Å². The molecule has 0 amide bonds. The van der Waals surface area contributed by atoms with E-state index in [1.807, 2.05) is 6.07 Å². The second-order valence-electron chi connectivity index (χ2n) is 3.73. The Labute approximate surface area is 109 Å². The van der Waals surface area contributed by atoms with Crippen LogP contribution >= 0.6 is 11.6 Å². The summed E-state index contributed by atoms with van der Waals surface area (Å²) in [6.07, 6.45) is 1.70. The van der Waals surface area contributed by atoms with Crippen LogP contribution in [0, 0.1) is 0 Å². The molecule has 18 heavy (non-hydrogen) atoms. The van der Waals surface area contributed by atoms with Crippen molar-refractivity contribution in [3.8, 4) is 0 Å². The molecule has 4 nitrogen and oxygen atoms in total. The van der Waals surface area contributed by atoms with Gasteiger partial charge in [-0.1, -0.05) is 17.7 Å². The van der Waals surface area contributed by atoms with Gasteiger partial charge in [-0.2, -0.15) is 0 Å². The van der Waals surface area contributed by atoms with Crippen molar-refractivity contribution in [3.63, 3.8) is 0 Å². The summed E-state index contributed by atoms with van der Waals surface area (Å²) in [5.41, 5.74) is 2.13. The Kier molecular flexibility index (Phi) is 3.79. The highest BCUT2D eigenvalue weighted by molar-refractivity contribution is 6.29. The van der Waals surface area contributed by atoms with E-state index >= 15 is 0 Å². The Balaban J connectivity index is 1.97. The number of carboxylic acid groups (broad SMARTS) is 1. The largest absolute Gasteiger partial charge is 0.478 e. The van der Waals surface area contributed by atoms with Gasteiger partial charge >= 0.3 is 5.97 Å². The lowest BCUT2D eigenvalue weighted by Gasteiger charge is -2.06. The molecule has 0 saturated carbocycles. The average molecular weight is 263 g/mol. The predicted molar refractivity (Wildman–Crippen MR) is 70.0 cm³/mol. The number of nitrogens with zero attached hydrogens (tertiary/aromatic N) is 1. The molecule has 1 aromatic heterocycles. The molecule has 0 spiro atoms.